The van der Waals surface area contributed by atoms with Gasteiger partial charge in [-0.25, -0.2) is 4.98 Å². The largest absolute Gasteiger partial charge is 0.390 e. The van der Waals surface area contributed by atoms with Crippen LogP contribution < -0.4 is 0 Å². The van der Waals surface area contributed by atoms with Gasteiger partial charge in [0.2, 0.25) is 0 Å². The molecule has 1 fully saturated rings. The van der Waals surface area contributed by atoms with Crippen molar-refractivity contribution in [1.29, 1.82) is 0 Å². The Morgan fingerprint density at radius 1 is 1.30 bits per heavy atom. The summed E-state index contributed by atoms with van der Waals surface area (Å²) in [6, 6.07) is 0. The number of rotatable bonds is 6. The second kappa shape index (κ2) is 8.03. The molecule has 1 N–H and O–H groups in total. The summed E-state index contributed by atoms with van der Waals surface area (Å²) in [6.45, 7) is 13.1. The molecular weight excluding hydrogens is 308 g/mol. The molecule has 132 valence electrons. The Morgan fingerprint density at radius 3 is 2.52 bits per heavy atom. The van der Waals surface area contributed by atoms with Crippen LogP contribution in [-0.4, -0.2) is 84.3 Å². The molecular formula is C17H32N4OS. The fourth-order valence-electron chi connectivity index (χ4n) is 2.81. The van der Waals surface area contributed by atoms with Gasteiger partial charge in [-0.1, -0.05) is 20.8 Å². The van der Waals surface area contributed by atoms with E-state index in [0.717, 1.165) is 45.0 Å². The molecule has 5 nitrogen and oxygen atoms in total. The normalized spacial score (nSPS) is 19.4. The number of β-amino-alcohol motifs (C(OH)–C–C–N with tert-alkyl or cyclic N) is 1. The van der Waals surface area contributed by atoms with E-state index < -0.39 is 0 Å². The van der Waals surface area contributed by atoms with E-state index in [0.29, 0.717) is 6.54 Å². The van der Waals surface area contributed by atoms with Gasteiger partial charge in [-0.2, -0.15) is 0 Å². The molecule has 0 aromatic carbocycles. The zero-order valence-electron chi connectivity index (χ0n) is 15.2. The first-order chi connectivity index (χ1) is 10.7. The van der Waals surface area contributed by atoms with Crippen LogP contribution in [-0.2, 0) is 12.0 Å². The third-order valence-electron chi connectivity index (χ3n) is 4.21. The third-order valence-corrected chi connectivity index (χ3v) is 5.53. The molecule has 1 aromatic rings. The minimum atomic E-state index is -0.302. The van der Waals surface area contributed by atoms with Crippen molar-refractivity contribution in [3.63, 3.8) is 0 Å². The second-order valence-electron chi connectivity index (χ2n) is 7.85. The topological polar surface area (TPSA) is 42.8 Å². The maximum absolute atomic E-state index is 10.3. The van der Waals surface area contributed by atoms with E-state index in [-0.39, 0.29) is 11.5 Å². The number of nitrogens with zero attached hydrogens (tertiary/aromatic N) is 4. The highest BCUT2D eigenvalue weighted by molar-refractivity contribution is 7.09. The molecule has 0 bridgehead atoms. The fourth-order valence-corrected chi connectivity index (χ4v) is 3.71. The highest BCUT2D eigenvalue weighted by atomic mass is 32.1. The highest BCUT2D eigenvalue weighted by Crippen LogP contribution is 2.25. The van der Waals surface area contributed by atoms with Crippen molar-refractivity contribution < 1.29 is 5.11 Å². The van der Waals surface area contributed by atoms with Gasteiger partial charge in [0.1, 0.15) is 0 Å². The molecule has 0 amide bonds. The number of hydrogen-bond donors (Lipinski definition) is 1. The first-order valence-corrected chi connectivity index (χ1v) is 9.34. The highest BCUT2D eigenvalue weighted by Gasteiger charge is 2.20. The van der Waals surface area contributed by atoms with Gasteiger partial charge in [-0.15, -0.1) is 11.3 Å². The molecule has 1 atom stereocenters. The van der Waals surface area contributed by atoms with Crippen LogP contribution in [0.15, 0.2) is 5.38 Å². The molecule has 2 rings (SSSR count). The lowest BCUT2D eigenvalue weighted by Gasteiger charge is -2.34. The van der Waals surface area contributed by atoms with Crippen LogP contribution in [0.1, 0.15) is 31.5 Å². The van der Waals surface area contributed by atoms with Crippen molar-refractivity contribution in [3.8, 4) is 0 Å². The van der Waals surface area contributed by atoms with Crippen molar-refractivity contribution in [2.45, 2.75) is 38.8 Å². The molecule has 0 spiro atoms. The summed E-state index contributed by atoms with van der Waals surface area (Å²) in [5, 5.41) is 13.7. The number of aromatic nitrogens is 1. The van der Waals surface area contributed by atoms with E-state index >= 15 is 0 Å². The maximum atomic E-state index is 10.3. The smallest absolute Gasteiger partial charge is 0.0982 e. The first kappa shape index (κ1) is 18.8. The van der Waals surface area contributed by atoms with Crippen LogP contribution in [0, 0.1) is 0 Å². The number of aliphatic hydroxyl groups is 1. The Kier molecular flexibility index (Phi) is 6.57. The number of hydrogen-bond acceptors (Lipinski definition) is 6. The lowest BCUT2D eigenvalue weighted by Crippen LogP contribution is -2.48. The molecule has 1 unspecified atom stereocenters. The number of piperazine rings is 1. The number of thiazole rings is 1. The molecule has 1 aliphatic rings. The van der Waals surface area contributed by atoms with Crippen LogP contribution in [0.4, 0.5) is 0 Å². The lowest BCUT2D eigenvalue weighted by molar-refractivity contribution is 0.0592. The summed E-state index contributed by atoms with van der Waals surface area (Å²) < 4.78 is 0. The standard InChI is InChI=1S/C17H32N4OS/c1-17(2,3)16-18-14(13-23-16)10-20(5)11-15(22)12-21-8-6-19(4)7-9-21/h13,15,22H,6-12H2,1-5H3. The van der Waals surface area contributed by atoms with E-state index in [1.807, 2.05) is 0 Å². The van der Waals surface area contributed by atoms with Crippen LogP contribution >= 0.6 is 11.3 Å². The fraction of sp³-hybridized carbons (Fsp3) is 0.824. The minimum absolute atomic E-state index is 0.114. The molecule has 2 heterocycles. The van der Waals surface area contributed by atoms with Crippen molar-refractivity contribution >= 4 is 11.3 Å². The Hall–Kier alpha value is -0.530. The maximum Gasteiger partial charge on any atom is 0.0982 e. The van der Waals surface area contributed by atoms with E-state index in [4.69, 9.17) is 4.98 Å². The molecule has 1 saturated heterocycles. The second-order valence-corrected chi connectivity index (χ2v) is 8.71. The van der Waals surface area contributed by atoms with Crippen LogP contribution in [0.2, 0.25) is 0 Å². The van der Waals surface area contributed by atoms with Crippen molar-refractivity contribution in [2.75, 3.05) is 53.4 Å². The van der Waals surface area contributed by atoms with Crippen molar-refractivity contribution in [3.05, 3.63) is 16.1 Å². The van der Waals surface area contributed by atoms with Gasteiger partial charge >= 0.3 is 0 Å². The quantitative estimate of drug-likeness (QED) is 0.850. The Balaban J connectivity index is 1.75. The van der Waals surface area contributed by atoms with Gasteiger partial charge in [-0.05, 0) is 14.1 Å². The van der Waals surface area contributed by atoms with Crippen molar-refractivity contribution in [1.82, 2.24) is 19.7 Å². The van der Waals surface area contributed by atoms with Crippen molar-refractivity contribution in [2.24, 2.45) is 0 Å². The predicted octanol–water partition coefficient (Wildman–Crippen LogP) is 1.48. The predicted molar refractivity (Wildman–Crippen MR) is 97.1 cm³/mol. The SMILES string of the molecule is CN1CCN(CC(O)CN(C)Cc2csc(C(C)(C)C)n2)CC1. The van der Waals surface area contributed by atoms with E-state index in [1.165, 1.54) is 5.01 Å². The molecule has 0 aliphatic carbocycles. The van der Waals surface area contributed by atoms with Crippen LogP contribution in [0.25, 0.3) is 0 Å². The third kappa shape index (κ3) is 6.12. The number of aliphatic hydroxyl groups excluding tert-OH is 1. The Labute approximate surface area is 144 Å². The summed E-state index contributed by atoms with van der Waals surface area (Å²) in [7, 11) is 4.21. The van der Waals surface area contributed by atoms with Gasteiger partial charge < -0.3 is 10.0 Å². The molecule has 0 radical (unpaired) electrons. The molecule has 6 heteroatoms. The van der Waals surface area contributed by atoms with E-state index in [2.05, 4.69) is 54.9 Å². The minimum Gasteiger partial charge on any atom is -0.390 e. The van der Waals surface area contributed by atoms with Gasteiger partial charge in [0.15, 0.2) is 0 Å². The van der Waals surface area contributed by atoms with Gasteiger partial charge in [0.05, 0.1) is 16.8 Å². The molecule has 1 aromatic heterocycles. The Bertz CT molecular complexity index is 477. The average Bonchev–Trinajstić information content (AvgIpc) is 2.89. The molecule has 1 aliphatic heterocycles. The molecule has 23 heavy (non-hydrogen) atoms. The van der Waals surface area contributed by atoms with E-state index in [9.17, 15) is 5.11 Å². The average molecular weight is 341 g/mol. The van der Waals surface area contributed by atoms with Gasteiger partial charge in [0.25, 0.3) is 0 Å². The lowest BCUT2D eigenvalue weighted by atomic mass is 9.98. The summed E-state index contributed by atoms with van der Waals surface area (Å²) in [6.07, 6.45) is -0.302. The monoisotopic (exact) mass is 340 g/mol. The first-order valence-electron chi connectivity index (χ1n) is 8.46. The summed E-state index contributed by atoms with van der Waals surface area (Å²) >= 11 is 1.73. The zero-order valence-corrected chi connectivity index (χ0v) is 16.1. The van der Waals surface area contributed by atoms with Gasteiger partial charge in [0, 0.05) is 56.6 Å². The Morgan fingerprint density at radius 2 is 1.96 bits per heavy atom. The summed E-state index contributed by atoms with van der Waals surface area (Å²) in [5.74, 6) is 0. The van der Waals surface area contributed by atoms with Gasteiger partial charge in [-0.3, -0.25) is 9.80 Å². The summed E-state index contributed by atoms with van der Waals surface area (Å²) in [5.41, 5.74) is 1.22. The van der Waals surface area contributed by atoms with Crippen LogP contribution in [0.5, 0.6) is 0 Å². The van der Waals surface area contributed by atoms with Crippen LogP contribution in [0.3, 0.4) is 0 Å². The van der Waals surface area contributed by atoms with E-state index in [1.54, 1.807) is 11.3 Å². The number of likely N-dealkylation sites (N-methyl/N-ethyl adjacent to an activating group) is 2. The molecule has 0 saturated carbocycles. The zero-order chi connectivity index (χ0) is 17.0. The summed E-state index contributed by atoms with van der Waals surface area (Å²) in [4.78, 5) is 11.6.